The van der Waals surface area contributed by atoms with Crippen LogP contribution in [0.5, 0.6) is 0 Å². The normalized spacial score (nSPS) is 21.8. The van der Waals surface area contributed by atoms with Crippen LogP contribution in [0.1, 0.15) is 287 Å². The Morgan fingerprint density at radius 1 is 0.317 bits per heavy atom. The number of rotatable bonds is 4. The Hall–Kier alpha value is -0.420. The van der Waals surface area contributed by atoms with E-state index in [1.54, 1.807) is 51.4 Å². The van der Waals surface area contributed by atoms with Gasteiger partial charge in [0.2, 0.25) is 0 Å². The van der Waals surface area contributed by atoms with Gasteiger partial charge in [0, 0.05) is 31.6 Å². The average Bonchev–Trinajstić information content (AvgIpc) is 4.07. The number of azide groups is 2. The van der Waals surface area contributed by atoms with Gasteiger partial charge in [-0.1, -0.05) is 277 Å². The second-order valence-electron chi connectivity index (χ2n) is 19.1. The molecule has 356 valence electrons. The molecule has 0 N–H and O–H groups in total. The summed E-state index contributed by atoms with van der Waals surface area (Å²) in [6, 6.07) is 0.639. The molecule has 0 bridgehead atoms. The van der Waals surface area contributed by atoms with Gasteiger partial charge in [0.1, 0.15) is 0 Å². The molecule has 0 aromatic carbocycles. The van der Waals surface area contributed by atoms with Crippen LogP contribution in [-0.4, -0.2) is 21.7 Å². The molecule has 0 atom stereocenters. The standard InChI is InChI=1S/2C10H18.2C5H9Br.2C5H9N3.4C3H8/c2*1-2-6-9(5-1)10-7-3-4-8-10;2*6-5-3-1-2-4-5;2*6-8-7-5-3-1-2-4-5;4*1-3-2/h2*9-10H,1-8H2;2*5H,1-4H2;2*5H,1-4H2;4*3H2,1-2H3. The van der Waals surface area contributed by atoms with Crippen molar-refractivity contribution in [2.24, 2.45) is 33.9 Å². The highest BCUT2D eigenvalue weighted by atomic mass is 79.9. The third kappa shape index (κ3) is 38.1. The number of hydrogen-bond acceptors (Lipinski definition) is 2. The van der Waals surface area contributed by atoms with Gasteiger partial charge in [-0.25, -0.2) is 0 Å². The predicted octanol–water partition coefficient (Wildman–Crippen LogP) is 21.5. The lowest BCUT2D eigenvalue weighted by Gasteiger charge is -2.16. The van der Waals surface area contributed by atoms with Crippen LogP contribution in [0.4, 0.5) is 0 Å². The minimum Gasteiger partial charge on any atom is -0.0906 e. The lowest BCUT2D eigenvalue weighted by atomic mass is 9.90. The molecule has 60 heavy (non-hydrogen) atoms. The fourth-order valence-corrected chi connectivity index (χ4v) is 10.9. The zero-order chi connectivity index (χ0) is 44.9. The van der Waals surface area contributed by atoms with E-state index in [0.717, 1.165) is 59.0 Å². The van der Waals surface area contributed by atoms with Crippen LogP contribution in [0, 0.1) is 23.7 Å². The van der Waals surface area contributed by atoms with Gasteiger partial charge >= 0.3 is 0 Å². The molecule has 0 saturated heterocycles. The van der Waals surface area contributed by atoms with Crippen LogP contribution in [0.15, 0.2) is 10.2 Å². The topological polar surface area (TPSA) is 97.5 Å². The van der Waals surface area contributed by atoms with Gasteiger partial charge in [0.25, 0.3) is 0 Å². The molecule has 0 radical (unpaired) electrons. The molecule has 8 fully saturated rings. The van der Waals surface area contributed by atoms with Gasteiger partial charge in [0.05, 0.1) is 0 Å². The predicted molar refractivity (Wildman–Crippen MR) is 277 cm³/mol. The zero-order valence-electron chi connectivity index (χ0n) is 41.5. The molecule has 0 aromatic heterocycles. The summed E-state index contributed by atoms with van der Waals surface area (Å²) in [5.41, 5.74) is 16.0. The smallest absolute Gasteiger partial charge is 0.0374 e. The Bertz CT molecular complexity index is 814. The van der Waals surface area contributed by atoms with E-state index in [9.17, 15) is 0 Å². The molecular formula is C52H104Br2N6. The van der Waals surface area contributed by atoms with Gasteiger partial charge in [-0.2, -0.15) is 0 Å². The summed E-state index contributed by atoms with van der Waals surface area (Å²) in [4.78, 5) is 7.20. The molecule has 8 rings (SSSR count). The quantitative estimate of drug-likeness (QED) is 0.116. The highest BCUT2D eigenvalue weighted by molar-refractivity contribution is 9.09. The monoisotopic (exact) mass is 971 g/mol. The minimum atomic E-state index is 0.319. The summed E-state index contributed by atoms with van der Waals surface area (Å²) in [6.45, 7) is 17.0. The summed E-state index contributed by atoms with van der Waals surface area (Å²) < 4.78 is 0. The second-order valence-corrected chi connectivity index (χ2v) is 21.6. The fourth-order valence-electron chi connectivity index (χ4n) is 9.65. The van der Waals surface area contributed by atoms with Crippen molar-refractivity contribution in [3.8, 4) is 0 Å². The Morgan fingerprint density at radius 3 is 0.600 bits per heavy atom. The fraction of sp³-hybridized carbons (Fsp3) is 1.00. The largest absolute Gasteiger partial charge is 0.0906 e. The minimum absolute atomic E-state index is 0.319. The summed E-state index contributed by atoms with van der Waals surface area (Å²) in [5.74, 6) is 4.62. The summed E-state index contributed by atoms with van der Waals surface area (Å²) in [6.07, 6.45) is 50.4. The molecule has 0 aromatic rings. The van der Waals surface area contributed by atoms with Crippen molar-refractivity contribution in [1.82, 2.24) is 0 Å². The lowest BCUT2D eigenvalue weighted by molar-refractivity contribution is 0.347. The highest BCUT2D eigenvalue weighted by Gasteiger charge is 2.28. The number of alkyl halides is 2. The van der Waals surface area contributed by atoms with Crippen LogP contribution < -0.4 is 0 Å². The van der Waals surface area contributed by atoms with E-state index >= 15 is 0 Å². The van der Waals surface area contributed by atoms with Crippen molar-refractivity contribution in [2.75, 3.05) is 0 Å². The first-order valence-corrected chi connectivity index (χ1v) is 28.4. The first kappa shape index (κ1) is 61.7. The Morgan fingerprint density at radius 2 is 0.467 bits per heavy atom. The number of hydrogen-bond donors (Lipinski definition) is 0. The van der Waals surface area contributed by atoms with Gasteiger partial charge in [-0.3, -0.25) is 0 Å². The van der Waals surface area contributed by atoms with Crippen LogP contribution in [0.2, 0.25) is 0 Å². The molecule has 0 unspecified atom stereocenters. The summed E-state index contributed by atoms with van der Waals surface area (Å²) in [5, 5.41) is 7.21. The Kier molecular flexibility index (Phi) is 49.4. The van der Waals surface area contributed by atoms with Gasteiger partial charge < -0.3 is 0 Å². The molecule has 0 spiro atoms. The molecule has 8 heteroatoms. The average molecular weight is 973 g/mol. The molecule has 8 aliphatic carbocycles. The molecule has 8 saturated carbocycles. The Labute approximate surface area is 392 Å². The maximum atomic E-state index is 7.98. The first-order chi connectivity index (χ1) is 29.2. The number of nitrogens with zero attached hydrogens (tertiary/aromatic N) is 6. The van der Waals surface area contributed by atoms with Gasteiger partial charge in [-0.05, 0) is 86.1 Å². The van der Waals surface area contributed by atoms with E-state index in [2.05, 4.69) is 107 Å². The van der Waals surface area contributed by atoms with Crippen LogP contribution in [0.3, 0.4) is 0 Å². The van der Waals surface area contributed by atoms with E-state index < -0.39 is 0 Å². The molecule has 0 aliphatic heterocycles. The van der Waals surface area contributed by atoms with Crippen molar-refractivity contribution in [2.45, 2.75) is 308 Å². The van der Waals surface area contributed by atoms with E-state index in [1.807, 2.05) is 0 Å². The Balaban J connectivity index is 0. The van der Waals surface area contributed by atoms with Crippen LogP contribution in [0.25, 0.3) is 20.9 Å². The van der Waals surface area contributed by atoms with E-state index in [0.29, 0.717) is 12.1 Å². The van der Waals surface area contributed by atoms with Crippen LogP contribution >= 0.6 is 31.9 Å². The van der Waals surface area contributed by atoms with Crippen LogP contribution in [-0.2, 0) is 0 Å². The highest BCUT2D eigenvalue weighted by Crippen LogP contribution is 2.41. The lowest BCUT2D eigenvalue weighted by Crippen LogP contribution is -2.06. The van der Waals surface area contributed by atoms with Crippen molar-refractivity contribution in [3.63, 3.8) is 0 Å². The molecule has 0 amide bonds. The summed E-state index contributed by atoms with van der Waals surface area (Å²) >= 11 is 7.08. The maximum absolute atomic E-state index is 7.98. The van der Waals surface area contributed by atoms with E-state index in [4.69, 9.17) is 11.1 Å². The molecule has 8 aliphatic rings. The van der Waals surface area contributed by atoms with Gasteiger partial charge in [-0.15, -0.1) is 0 Å². The second kappa shape index (κ2) is 48.0. The summed E-state index contributed by atoms with van der Waals surface area (Å²) in [7, 11) is 0. The van der Waals surface area contributed by atoms with E-state index in [1.165, 1.54) is 154 Å². The molecule has 0 heterocycles. The molecular weight excluding hydrogens is 868 g/mol. The zero-order valence-corrected chi connectivity index (χ0v) is 44.7. The number of halogens is 2. The first-order valence-electron chi connectivity index (χ1n) is 26.6. The SMILES string of the molecule is BrC1CCCC1.BrC1CCCC1.C1CCC(C2CCCC2)C1.C1CCC(C2CCCC2)C1.CCC.CCC.CCC.CCC.[N-]=[N+]=NC1CCCC1.[N-]=[N+]=NC1CCCC1. The third-order valence-corrected chi connectivity index (χ3v) is 14.4. The molecule has 6 nitrogen and oxygen atoms in total. The van der Waals surface area contributed by atoms with Crippen molar-refractivity contribution >= 4 is 31.9 Å². The maximum Gasteiger partial charge on any atom is 0.0374 e. The van der Waals surface area contributed by atoms with Gasteiger partial charge in [0.15, 0.2) is 0 Å². The van der Waals surface area contributed by atoms with Crippen molar-refractivity contribution < 1.29 is 0 Å². The third-order valence-electron chi connectivity index (χ3n) is 12.6. The van der Waals surface area contributed by atoms with E-state index in [-0.39, 0.29) is 0 Å². The van der Waals surface area contributed by atoms with Crippen molar-refractivity contribution in [1.29, 1.82) is 0 Å². The van der Waals surface area contributed by atoms with Crippen molar-refractivity contribution in [3.05, 3.63) is 20.9 Å².